The summed E-state index contributed by atoms with van der Waals surface area (Å²) in [6, 6.07) is 7.17. The molecule has 132 valence electrons. The number of carbonyl (C=O) groups is 1. The molecule has 0 saturated carbocycles. The summed E-state index contributed by atoms with van der Waals surface area (Å²) in [6.45, 7) is 1.55. The van der Waals surface area contributed by atoms with Crippen molar-refractivity contribution < 1.29 is 22.9 Å². The first-order valence-corrected chi connectivity index (χ1v) is 8.04. The number of rotatable bonds is 10. The number of furan rings is 2. The summed E-state index contributed by atoms with van der Waals surface area (Å²) in [6.07, 6.45) is 4.55. The molecule has 8 nitrogen and oxygen atoms in total. The Bertz CT molecular complexity index is 749. The van der Waals surface area contributed by atoms with Gasteiger partial charge in [0.05, 0.1) is 12.5 Å². The molecule has 0 aliphatic rings. The number of aryl methyl sites for hydroxylation is 1. The van der Waals surface area contributed by atoms with E-state index in [1.54, 1.807) is 18.4 Å². The van der Waals surface area contributed by atoms with Crippen LogP contribution in [0.25, 0.3) is 11.6 Å². The van der Waals surface area contributed by atoms with Crippen molar-refractivity contribution in [2.24, 2.45) is 0 Å². The van der Waals surface area contributed by atoms with Crippen molar-refractivity contribution in [3.63, 3.8) is 0 Å². The van der Waals surface area contributed by atoms with Gasteiger partial charge in [-0.3, -0.25) is 4.79 Å². The summed E-state index contributed by atoms with van der Waals surface area (Å²) in [5, 5.41) is 6.65. The molecule has 0 spiro atoms. The maximum Gasteiger partial charge on any atom is 0.238 e. The molecule has 8 heteroatoms. The lowest BCUT2D eigenvalue weighted by Gasteiger charge is -2.04. The van der Waals surface area contributed by atoms with Gasteiger partial charge in [-0.25, -0.2) is 0 Å². The smallest absolute Gasteiger partial charge is 0.238 e. The molecule has 0 aliphatic heterocycles. The third kappa shape index (κ3) is 5.32. The highest BCUT2D eigenvalue weighted by atomic mass is 16.5. The number of amides is 1. The molecule has 25 heavy (non-hydrogen) atoms. The van der Waals surface area contributed by atoms with E-state index < -0.39 is 0 Å². The molecular weight excluding hydrogens is 326 g/mol. The summed E-state index contributed by atoms with van der Waals surface area (Å²) >= 11 is 0. The number of nitrogens with zero attached hydrogens (tertiary/aromatic N) is 2. The molecule has 0 aromatic carbocycles. The van der Waals surface area contributed by atoms with Gasteiger partial charge in [0.2, 0.25) is 17.6 Å². The Kier molecular flexibility index (Phi) is 6.00. The van der Waals surface area contributed by atoms with Crippen LogP contribution in [-0.4, -0.2) is 29.2 Å². The van der Waals surface area contributed by atoms with Gasteiger partial charge in [-0.2, -0.15) is 4.98 Å². The van der Waals surface area contributed by atoms with Gasteiger partial charge in [-0.1, -0.05) is 5.16 Å². The Morgan fingerprint density at radius 2 is 2.08 bits per heavy atom. The second kappa shape index (κ2) is 8.84. The minimum atomic E-state index is -0.0659. The van der Waals surface area contributed by atoms with E-state index in [9.17, 15) is 4.79 Å². The van der Waals surface area contributed by atoms with Crippen molar-refractivity contribution in [2.45, 2.75) is 25.9 Å². The van der Waals surface area contributed by atoms with Crippen molar-refractivity contribution in [3.05, 3.63) is 48.4 Å². The second-order valence-corrected chi connectivity index (χ2v) is 5.32. The summed E-state index contributed by atoms with van der Waals surface area (Å²) in [5.41, 5.74) is 0. The van der Waals surface area contributed by atoms with Crippen LogP contribution in [0.15, 0.2) is 50.1 Å². The van der Waals surface area contributed by atoms with Crippen LogP contribution in [0.4, 0.5) is 0 Å². The van der Waals surface area contributed by atoms with E-state index in [-0.39, 0.29) is 12.3 Å². The largest absolute Gasteiger partial charge is 0.467 e. The van der Waals surface area contributed by atoms with Crippen LogP contribution in [-0.2, 0) is 22.6 Å². The van der Waals surface area contributed by atoms with Crippen molar-refractivity contribution in [1.82, 2.24) is 15.5 Å². The molecule has 0 radical (unpaired) electrons. The van der Waals surface area contributed by atoms with Crippen LogP contribution < -0.4 is 5.32 Å². The molecule has 1 N–H and O–H groups in total. The molecule has 3 aromatic heterocycles. The van der Waals surface area contributed by atoms with Gasteiger partial charge in [0.1, 0.15) is 12.4 Å². The lowest BCUT2D eigenvalue weighted by molar-refractivity contribution is -0.121. The lowest BCUT2D eigenvalue weighted by atomic mass is 10.3. The average molecular weight is 345 g/mol. The summed E-state index contributed by atoms with van der Waals surface area (Å²) in [7, 11) is 0. The van der Waals surface area contributed by atoms with Gasteiger partial charge >= 0.3 is 0 Å². The van der Waals surface area contributed by atoms with Crippen molar-refractivity contribution in [2.75, 3.05) is 13.2 Å². The highest BCUT2D eigenvalue weighted by Crippen LogP contribution is 2.16. The van der Waals surface area contributed by atoms with Gasteiger partial charge in [0, 0.05) is 26.0 Å². The molecule has 0 saturated heterocycles. The summed E-state index contributed by atoms with van der Waals surface area (Å²) < 4.78 is 20.9. The topological polar surface area (TPSA) is 104 Å². The third-order valence-corrected chi connectivity index (χ3v) is 3.39. The standard InChI is InChI=1S/C17H19N3O5/c21-15(18-8-3-9-22-12-13-4-1-10-23-13)6-7-16-19-17(20-25-16)14-5-2-11-24-14/h1-2,4-5,10-11H,3,6-9,12H2,(H,18,21). The zero-order chi connectivity index (χ0) is 17.3. The molecule has 0 atom stereocenters. The van der Waals surface area contributed by atoms with Gasteiger partial charge in [0.15, 0.2) is 5.76 Å². The molecule has 0 fully saturated rings. The van der Waals surface area contributed by atoms with Crippen LogP contribution in [0.2, 0.25) is 0 Å². The average Bonchev–Trinajstić information content (AvgIpc) is 3.38. The Balaban J connectivity index is 1.27. The van der Waals surface area contributed by atoms with E-state index in [4.69, 9.17) is 18.1 Å². The first-order chi connectivity index (χ1) is 12.3. The van der Waals surface area contributed by atoms with Gasteiger partial charge in [0.25, 0.3) is 0 Å². The normalized spacial score (nSPS) is 10.9. The Morgan fingerprint density at radius 1 is 1.20 bits per heavy atom. The molecule has 3 rings (SSSR count). The molecular formula is C17H19N3O5. The number of hydrogen-bond acceptors (Lipinski definition) is 7. The number of ether oxygens (including phenoxy) is 1. The second-order valence-electron chi connectivity index (χ2n) is 5.32. The Labute approximate surface area is 144 Å². The highest BCUT2D eigenvalue weighted by molar-refractivity contribution is 5.75. The SMILES string of the molecule is O=C(CCc1nc(-c2ccco2)no1)NCCCOCc1ccco1. The summed E-state index contributed by atoms with van der Waals surface area (Å²) in [4.78, 5) is 16.0. The molecule has 0 bridgehead atoms. The van der Waals surface area contributed by atoms with Crippen molar-refractivity contribution >= 4 is 5.91 Å². The quantitative estimate of drug-likeness (QED) is 0.563. The van der Waals surface area contributed by atoms with Crippen LogP contribution in [0.3, 0.4) is 0 Å². The Morgan fingerprint density at radius 3 is 2.88 bits per heavy atom. The molecule has 3 aromatic rings. The van der Waals surface area contributed by atoms with E-state index in [1.807, 2.05) is 12.1 Å². The minimum absolute atomic E-state index is 0.0659. The monoisotopic (exact) mass is 345 g/mol. The van der Waals surface area contributed by atoms with Gasteiger partial charge < -0.3 is 23.4 Å². The molecule has 3 heterocycles. The van der Waals surface area contributed by atoms with E-state index in [0.29, 0.717) is 43.7 Å². The first kappa shape index (κ1) is 17.0. The van der Waals surface area contributed by atoms with E-state index in [1.165, 1.54) is 6.26 Å². The van der Waals surface area contributed by atoms with Gasteiger partial charge in [-0.15, -0.1) is 0 Å². The zero-order valence-corrected chi connectivity index (χ0v) is 13.6. The molecule has 1 amide bonds. The van der Waals surface area contributed by atoms with E-state index in [0.717, 1.165) is 12.2 Å². The number of nitrogens with one attached hydrogen (secondary N) is 1. The van der Waals surface area contributed by atoms with E-state index in [2.05, 4.69) is 15.5 Å². The van der Waals surface area contributed by atoms with Crippen LogP contribution in [0.5, 0.6) is 0 Å². The highest BCUT2D eigenvalue weighted by Gasteiger charge is 2.12. The maximum atomic E-state index is 11.8. The fourth-order valence-electron chi connectivity index (χ4n) is 2.14. The van der Waals surface area contributed by atoms with Gasteiger partial charge in [-0.05, 0) is 30.7 Å². The zero-order valence-electron chi connectivity index (χ0n) is 13.6. The van der Waals surface area contributed by atoms with Crippen LogP contribution in [0, 0.1) is 0 Å². The van der Waals surface area contributed by atoms with Crippen LogP contribution >= 0.6 is 0 Å². The van der Waals surface area contributed by atoms with Crippen LogP contribution in [0.1, 0.15) is 24.5 Å². The third-order valence-electron chi connectivity index (χ3n) is 3.39. The fourth-order valence-corrected chi connectivity index (χ4v) is 2.14. The minimum Gasteiger partial charge on any atom is -0.467 e. The first-order valence-electron chi connectivity index (χ1n) is 8.04. The molecule has 0 aliphatic carbocycles. The molecule has 0 unspecified atom stereocenters. The van der Waals surface area contributed by atoms with Crippen molar-refractivity contribution in [3.8, 4) is 11.6 Å². The van der Waals surface area contributed by atoms with E-state index >= 15 is 0 Å². The number of hydrogen-bond donors (Lipinski definition) is 1. The predicted octanol–water partition coefficient (Wildman–Crippen LogP) is 2.58. The fraction of sp³-hybridized carbons (Fsp3) is 0.353. The number of aromatic nitrogens is 2. The lowest BCUT2D eigenvalue weighted by Crippen LogP contribution is -2.25. The number of carbonyl (C=O) groups excluding carboxylic acids is 1. The Hall–Kier alpha value is -2.87. The summed E-state index contributed by atoms with van der Waals surface area (Å²) in [5.74, 6) is 2.05. The maximum absolute atomic E-state index is 11.8. The predicted molar refractivity (Wildman–Crippen MR) is 86.3 cm³/mol. The van der Waals surface area contributed by atoms with Crippen molar-refractivity contribution in [1.29, 1.82) is 0 Å².